The van der Waals surface area contributed by atoms with Crippen LogP contribution >= 0.6 is 11.8 Å². The van der Waals surface area contributed by atoms with E-state index in [4.69, 9.17) is 4.42 Å². The molecule has 1 amide bonds. The number of nitrogens with one attached hydrogen (secondary N) is 1. The van der Waals surface area contributed by atoms with Crippen LogP contribution in [0.4, 0.5) is 6.01 Å². The first kappa shape index (κ1) is 18.2. The Morgan fingerprint density at radius 2 is 1.77 bits per heavy atom. The van der Waals surface area contributed by atoms with Crippen molar-refractivity contribution in [3.63, 3.8) is 0 Å². The fraction of sp³-hybridized carbons (Fsp3) is 0.118. The van der Waals surface area contributed by atoms with Gasteiger partial charge in [0.05, 0.1) is 10.6 Å². The second-order valence-corrected chi connectivity index (χ2v) is 8.42. The number of hydrogen-bond acceptors (Lipinski definition) is 7. The first-order valence-corrected chi connectivity index (χ1v) is 10.4. The molecular weight excluding hydrogens is 374 g/mol. The van der Waals surface area contributed by atoms with Crippen LogP contribution in [0.1, 0.15) is 16.2 Å². The highest BCUT2D eigenvalue weighted by Crippen LogP contribution is 2.22. The number of thioether (sulfide) groups is 1. The van der Waals surface area contributed by atoms with Crippen LogP contribution < -0.4 is 5.32 Å². The zero-order valence-corrected chi connectivity index (χ0v) is 15.4. The fourth-order valence-electron chi connectivity index (χ4n) is 2.05. The second-order valence-electron chi connectivity index (χ2n) is 5.35. The van der Waals surface area contributed by atoms with Crippen molar-refractivity contribution in [2.75, 3.05) is 11.6 Å². The molecule has 3 aromatic rings. The number of anilines is 1. The van der Waals surface area contributed by atoms with Crippen LogP contribution in [0.5, 0.6) is 0 Å². The number of carbonyl (C=O) groups is 1. The van der Waals surface area contributed by atoms with Gasteiger partial charge in [-0.25, -0.2) is 8.42 Å². The van der Waals surface area contributed by atoms with Crippen LogP contribution in [0.15, 0.2) is 68.8 Å². The Labute approximate surface area is 154 Å². The van der Waals surface area contributed by atoms with Gasteiger partial charge >= 0.3 is 6.01 Å². The molecule has 0 aliphatic rings. The van der Waals surface area contributed by atoms with Gasteiger partial charge in [-0.05, 0) is 36.4 Å². The molecule has 2 aromatic carbocycles. The summed E-state index contributed by atoms with van der Waals surface area (Å²) in [6.45, 7) is 0. The van der Waals surface area contributed by atoms with Gasteiger partial charge in [0.1, 0.15) is 0 Å². The van der Waals surface area contributed by atoms with Crippen LogP contribution in [0, 0.1) is 0 Å². The van der Waals surface area contributed by atoms with Crippen LogP contribution in [0.3, 0.4) is 0 Å². The summed E-state index contributed by atoms with van der Waals surface area (Å²) in [7, 11) is -3.30. The lowest BCUT2D eigenvalue weighted by molar-refractivity contribution is 0.102. The van der Waals surface area contributed by atoms with Crippen molar-refractivity contribution in [3.8, 4) is 0 Å². The molecule has 0 aliphatic carbocycles. The predicted octanol–water partition coefficient (Wildman–Crippen LogP) is 3.02. The summed E-state index contributed by atoms with van der Waals surface area (Å²) in [4.78, 5) is 13.4. The summed E-state index contributed by atoms with van der Waals surface area (Å²) in [6, 6.07) is 15.4. The summed E-state index contributed by atoms with van der Waals surface area (Å²) in [5, 5.41) is 10.2. The van der Waals surface area contributed by atoms with Gasteiger partial charge in [0, 0.05) is 16.7 Å². The van der Waals surface area contributed by atoms with E-state index in [1.54, 1.807) is 11.8 Å². The maximum Gasteiger partial charge on any atom is 0.322 e. The Bertz CT molecular complexity index is 1000. The summed E-state index contributed by atoms with van der Waals surface area (Å²) < 4.78 is 28.3. The Morgan fingerprint density at radius 3 is 2.42 bits per heavy atom. The first-order valence-electron chi connectivity index (χ1n) is 7.53. The molecule has 1 heterocycles. The molecule has 0 unspecified atom stereocenters. The third kappa shape index (κ3) is 4.70. The SMILES string of the molecule is CS(=O)(=O)c1ccc(C(=O)Nc2nnc(CSc3ccccc3)o2)cc1. The minimum absolute atomic E-state index is 0.00847. The van der Waals surface area contributed by atoms with Gasteiger partial charge in [-0.3, -0.25) is 10.1 Å². The predicted molar refractivity (Wildman–Crippen MR) is 97.8 cm³/mol. The lowest BCUT2D eigenvalue weighted by Gasteiger charge is -2.02. The second kappa shape index (κ2) is 7.71. The van der Waals surface area contributed by atoms with Crippen molar-refractivity contribution in [1.29, 1.82) is 0 Å². The van der Waals surface area contributed by atoms with Crippen LogP contribution in [0.25, 0.3) is 0 Å². The number of carbonyl (C=O) groups excluding carboxylic acids is 1. The summed E-state index contributed by atoms with van der Waals surface area (Å²) >= 11 is 1.54. The van der Waals surface area contributed by atoms with E-state index in [1.165, 1.54) is 24.3 Å². The molecule has 0 bridgehead atoms. The van der Waals surface area contributed by atoms with Crippen LogP contribution in [-0.2, 0) is 15.6 Å². The van der Waals surface area contributed by atoms with Crippen molar-refractivity contribution >= 4 is 33.5 Å². The number of benzene rings is 2. The Kier molecular flexibility index (Phi) is 5.38. The smallest absolute Gasteiger partial charge is 0.322 e. The van der Waals surface area contributed by atoms with E-state index in [9.17, 15) is 13.2 Å². The molecule has 3 rings (SSSR count). The van der Waals surface area contributed by atoms with Gasteiger partial charge in [0.15, 0.2) is 9.84 Å². The van der Waals surface area contributed by atoms with Gasteiger partial charge < -0.3 is 4.42 Å². The number of aromatic nitrogens is 2. The molecular formula is C17H15N3O4S2. The van der Waals surface area contributed by atoms with Crippen LogP contribution in [-0.4, -0.2) is 30.8 Å². The number of hydrogen-bond donors (Lipinski definition) is 1. The third-order valence-electron chi connectivity index (χ3n) is 3.34. The summed E-state index contributed by atoms with van der Waals surface area (Å²) in [5.41, 5.74) is 0.288. The van der Waals surface area contributed by atoms with Crippen molar-refractivity contribution in [1.82, 2.24) is 10.2 Å². The highest BCUT2D eigenvalue weighted by atomic mass is 32.2. The molecule has 1 aromatic heterocycles. The van der Waals surface area contributed by atoms with Crippen molar-refractivity contribution in [2.24, 2.45) is 0 Å². The van der Waals surface area contributed by atoms with Crippen molar-refractivity contribution < 1.29 is 17.6 Å². The Balaban J connectivity index is 1.60. The first-order chi connectivity index (χ1) is 12.4. The average molecular weight is 389 g/mol. The minimum Gasteiger partial charge on any atom is -0.407 e. The monoisotopic (exact) mass is 389 g/mol. The Hall–Kier alpha value is -2.65. The minimum atomic E-state index is -3.30. The van der Waals surface area contributed by atoms with Gasteiger partial charge in [-0.15, -0.1) is 16.9 Å². The Morgan fingerprint density at radius 1 is 1.08 bits per heavy atom. The molecule has 1 N–H and O–H groups in total. The average Bonchev–Trinajstić information content (AvgIpc) is 3.07. The topological polar surface area (TPSA) is 102 Å². The van der Waals surface area contributed by atoms with E-state index in [0.717, 1.165) is 11.2 Å². The fourth-order valence-corrected chi connectivity index (χ4v) is 3.43. The van der Waals surface area contributed by atoms with Gasteiger partial charge in [-0.1, -0.05) is 23.3 Å². The molecule has 0 atom stereocenters. The van der Waals surface area contributed by atoms with Gasteiger partial charge in [0.25, 0.3) is 5.91 Å². The van der Waals surface area contributed by atoms with Crippen molar-refractivity contribution in [3.05, 3.63) is 66.1 Å². The number of amides is 1. The zero-order valence-electron chi connectivity index (χ0n) is 13.7. The number of sulfone groups is 1. The highest BCUT2D eigenvalue weighted by molar-refractivity contribution is 7.98. The van der Waals surface area contributed by atoms with Gasteiger partial charge in [0.2, 0.25) is 5.89 Å². The largest absolute Gasteiger partial charge is 0.407 e. The normalized spacial score (nSPS) is 11.3. The van der Waals surface area contributed by atoms with E-state index in [-0.39, 0.29) is 16.5 Å². The lowest BCUT2D eigenvalue weighted by Crippen LogP contribution is -2.12. The van der Waals surface area contributed by atoms with E-state index in [1.807, 2.05) is 30.3 Å². The molecule has 0 aliphatic heterocycles. The van der Waals surface area contributed by atoms with Crippen LogP contribution in [0.2, 0.25) is 0 Å². The summed E-state index contributed by atoms with van der Waals surface area (Å²) in [6.07, 6.45) is 1.11. The van der Waals surface area contributed by atoms with E-state index in [0.29, 0.717) is 11.6 Å². The summed E-state index contributed by atoms with van der Waals surface area (Å²) in [5.74, 6) is 0.410. The molecule has 9 heteroatoms. The zero-order chi connectivity index (χ0) is 18.6. The quantitative estimate of drug-likeness (QED) is 0.647. The molecule has 0 fully saturated rings. The standard InChI is InChI=1S/C17H15N3O4S2/c1-26(22,23)14-9-7-12(8-10-14)16(21)18-17-20-19-15(24-17)11-25-13-5-3-2-4-6-13/h2-10H,11H2,1H3,(H,18,20,21). The number of rotatable bonds is 6. The molecule has 7 nitrogen and oxygen atoms in total. The molecule has 0 radical (unpaired) electrons. The molecule has 0 spiro atoms. The molecule has 0 saturated carbocycles. The van der Waals surface area contributed by atoms with Crippen molar-refractivity contribution in [2.45, 2.75) is 15.5 Å². The van der Waals surface area contributed by atoms with Gasteiger partial charge in [-0.2, -0.15) is 0 Å². The lowest BCUT2D eigenvalue weighted by atomic mass is 10.2. The molecule has 0 saturated heterocycles. The van der Waals surface area contributed by atoms with E-state index >= 15 is 0 Å². The maximum absolute atomic E-state index is 12.2. The maximum atomic E-state index is 12.2. The third-order valence-corrected chi connectivity index (χ3v) is 5.46. The highest BCUT2D eigenvalue weighted by Gasteiger charge is 2.13. The van der Waals surface area contributed by atoms with E-state index < -0.39 is 15.7 Å². The molecule has 26 heavy (non-hydrogen) atoms. The number of nitrogens with zero attached hydrogens (tertiary/aromatic N) is 2. The van der Waals surface area contributed by atoms with E-state index in [2.05, 4.69) is 15.5 Å². The molecule has 134 valence electrons.